The lowest BCUT2D eigenvalue weighted by Gasteiger charge is -2.30. The lowest BCUT2D eigenvalue weighted by atomic mass is 10.1. The Morgan fingerprint density at radius 1 is 1.26 bits per heavy atom. The minimum atomic E-state index is -0.489. The van der Waals surface area contributed by atoms with E-state index < -0.39 is 6.10 Å². The van der Waals surface area contributed by atoms with E-state index in [9.17, 15) is 9.90 Å². The molecular formula is C19H27NO3. The molecule has 0 amide bonds. The van der Waals surface area contributed by atoms with E-state index in [1.165, 1.54) is 38.5 Å². The van der Waals surface area contributed by atoms with Crippen molar-refractivity contribution in [2.75, 3.05) is 13.2 Å². The van der Waals surface area contributed by atoms with Crippen LogP contribution in [-0.2, 0) is 0 Å². The number of Topliss-reactive ketones (excluding diaryl/α,β-unsaturated/α-hetero) is 1. The fraction of sp³-hybridized carbons (Fsp3) is 0.632. The summed E-state index contributed by atoms with van der Waals surface area (Å²) < 4.78 is 5.69. The van der Waals surface area contributed by atoms with Crippen molar-refractivity contribution in [1.29, 1.82) is 0 Å². The lowest BCUT2D eigenvalue weighted by Crippen LogP contribution is -2.42. The third kappa shape index (κ3) is 4.55. The smallest absolute Gasteiger partial charge is 0.159 e. The predicted molar refractivity (Wildman–Crippen MR) is 89.9 cm³/mol. The first-order valence-electron chi connectivity index (χ1n) is 8.81. The maximum atomic E-state index is 11.4. The normalized spacial score (nSPS) is 20.0. The predicted octanol–water partition coefficient (Wildman–Crippen LogP) is 3.04. The first kappa shape index (κ1) is 16.5. The van der Waals surface area contributed by atoms with Crippen LogP contribution in [0.1, 0.15) is 55.8 Å². The molecule has 2 aliphatic carbocycles. The zero-order valence-corrected chi connectivity index (χ0v) is 13.9. The van der Waals surface area contributed by atoms with E-state index >= 15 is 0 Å². The van der Waals surface area contributed by atoms with Gasteiger partial charge in [0.2, 0.25) is 0 Å². The highest BCUT2D eigenvalue weighted by atomic mass is 16.5. The second-order valence-electron chi connectivity index (χ2n) is 6.92. The Kier molecular flexibility index (Phi) is 5.34. The minimum Gasteiger partial charge on any atom is -0.491 e. The van der Waals surface area contributed by atoms with E-state index in [2.05, 4.69) is 4.90 Å². The van der Waals surface area contributed by atoms with E-state index in [1.807, 2.05) is 12.1 Å². The van der Waals surface area contributed by atoms with Crippen molar-refractivity contribution in [3.63, 3.8) is 0 Å². The molecule has 4 nitrogen and oxygen atoms in total. The van der Waals surface area contributed by atoms with Crippen molar-refractivity contribution in [2.45, 2.75) is 63.6 Å². The topological polar surface area (TPSA) is 49.8 Å². The van der Waals surface area contributed by atoms with Crippen molar-refractivity contribution in [2.24, 2.45) is 0 Å². The number of rotatable bonds is 8. The summed E-state index contributed by atoms with van der Waals surface area (Å²) in [5.74, 6) is 0.674. The van der Waals surface area contributed by atoms with Crippen LogP contribution in [0.5, 0.6) is 5.75 Å². The maximum absolute atomic E-state index is 11.4. The molecule has 4 heteroatoms. The maximum Gasteiger partial charge on any atom is 0.159 e. The minimum absolute atomic E-state index is 0.0251. The third-order valence-electron chi connectivity index (χ3n) is 4.91. The lowest BCUT2D eigenvalue weighted by molar-refractivity contribution is 0.0490. The summed E-state index contributed by atoms with van der Waals surface area (Å²) >= 11 is 0. The summed E-state index contributed by atoms with van der Waals surface area (Å²) in [5, 5.41) is 10.4. The zero-order valence-electron chi connectivity index (χ0n) is 13.9. The van der Waals surface area contributed by atoms with Crippen LogP contribution in [0.2, 0.25) is 0 Å². The van der Waals surface area contributed by atoms with Gasteiger partial charge in [0.05, 0.1) is 0 Å². The molecule has 1 atom stereocenters. The highest BCUT2D eigenvalue weighted by Gasteiger charge is 2.36. The highest BCUT2D eigenvalue weighted by Crippen LogP contribution is 2.34. The quantitative estimate of drug-likeness (QED) is 0.749. The Bertz CT molecular complexity index is 535. The first-order valence-corrected chi connectivity index (χ1v) is 8.81. The van der Waals surface area contributed by atoms with Gasteiger partial charge in [0.25, 0.3) is 0 Å². The Labute approximate surface area is 138 Å². The van der Waals surface area contributed by atoms with E-state index in [0.29, 0.717) is 29.9 Å². The van der Waals surface area contributed by atoms with E-state index in [4.69, 9.17) is 4.74 Å². The van der Waals surface area contributed by atoms with E-state index in [-0.39, 0.29) is 12.4 Å². The molecule has 2 saturated carbocycles. The average molecular weight is 317 g/mol. The number of aliphatic hydroxyl groups is 1. The summed E-state index contributed by atoms with van der Waals surface area (Å²) in [5.41, 5.74) is 0.641. The molecule has 2 fully saturated rings. The monoisotopic (exact) mass is 317 g/mol. The standard InChI is InChI=1S/C19H27NO3/c1-14(21)15-5-4-8-19(11-15)23-13-18(22)12-20(17-9-10-17)16-6-2-3-7-16/h4-5,8,11,16-18,22H,2-3,6-7,9-10,12-13H2,1H3. The van der Waals surface area contributed by atoms with Gasteiger partial charge in [0.15, 0.2) is 5.78 Å². The molecule has 1 aromatic carbocycles. The molecule has 126 valence electrons. The molecule has 0 aliphatic heterocycles. The molecule has 23 heavy (non-hydrogen) atoms. The Morgan fingerprint density at radius 3 is 2.61 bits per heavy atom. The van der Waals surface area contributed by atoms with Crippen molar-refractivity contribution in [3.8, 4) is 5.75 Å². The largest absolute Gasteiger partial charge is 0.491 e. The second-order valence-corrected chi connectivity index (χ2v) is 6.92. The number of benzene rings is 1. The van der Waals surface area contributed by atoms with Crippen LogP contribution < -0.4 is 4.74 Å². The number of carbonyl (C=O) groups excluding carboxylic acids is 1. The van der Waals surface area contributed by atoms with Gasteiger partial charge in [-0.25, -0.2) is 0 Å². The molecular weight excluding hydrogens is 290 g/mol. The van der Waals surface area contributed by atoms with Crippen LogP contribution in [0.25, 0.3) is 0 Å². The van der Waals surface area contributed by atoms with Crippen LogP contribution in [0.4, 0.5) is 0 Å². The molecule has 0 radical (unpaired) electrons. The SMILES string of the molecule is CC(=O)c1cccc(OCC(O)CN(C2CCCC2)C2CC2)c1. The van der Waals surface area contributed by atoms with Gasteiger partial charge in [0.1, 0.15) is 18.5 Å². The van der Waals surface area contributed by atoms with Gasteiger partial charge in [-0.05, 0) is 44.7 Å². The van der Waals surface area contributed by atoms with Crippen LogP contribution in [0.15, 0.2) is 24.3 Å². The molecule has 0 bridgehead atoms. The summed E-state index contributed by atoms with van der Waals surface area (Å²) in [6.07, 6.45) is 7.22. The molecule has 3 rings (SSSR count). The fourth-order valence-corrected chi connectivity index (χ4v) is 3.53. The van der Waals surface area contributed by atoms with Crippen molar-refractivity contribution in [3.05, 3.63) is 29.8 Å². The van der Waals surface area contributed by atoms with Gasteiger partial charge in [-0.15, -0.1) is 0 Å². The summed E-state index contributed by atoms with van der Waals surface area (Å²) in [7, 11) is 0. The van der Waals surface area contributed by atoms with Crippen molar-refractivity contribution < 1.29 is 14.6 Å². The average Bonchev–Trinajstić information content (AvgIpc) is 3.25. The van der Waals surface area contributed by atoms with Crippen LogP contribution in [-0.4, -0.2) is 47.1 Å². The molecule has 1 unspecified atom stereocenters. The molecule has 2 aliphatic rings. The molecule has 1 aromatic rings. The number of ether oxygens (including phenoxy) is 1. The number of hydrogen-bond acceptors (Lipinski definition) is 4. The van der Waals surface area contributed by atoms with Crippen LogP contribution in [0.3, 0.4) is 0 Å². The van der Waals surface area contributed by atoms with Gasteiger partial charge in [0, 0.05) is 24.2 Å². The Hall–Kier alpha value is -1.39. The third-order valence-corrected chi connectivity index (χ3v) is 4.91. The molecule has 0 heterocycles. The van der Waals surface area contributed by atoms with Gasteiger partial charge < -0.3 is 9.84 Å². The van der Waals surface area contributed by atoms with E-state index in [1.54, 1.807) is 19.1 Å². The Morgan fingerprint density at radius 2 is 1.96 bits per heavy atom. The molecule has 0 spiro atoms. The van der Waals surface area contributed by atoms with Crippen molar-refractivity contribution >= 4 is 5.78 Å². The molecule has 1 N–H and O–H groups in total. The second kappa shape index (κ2) is 7.45. The fourth-order valence-electron chi connectivity index (χ4n) is 3.53. The number of hydrogen-bond donors (Lipinski definition) is 1. The molecule has 0 saturated heterocycles. The summed E-state index contributed by atoms with van der Waals surface area (Å²) in [6.45, 7) is 2.52. The van der Waals surface area contributed by atoms with Crippen molar-refractivity contribution in [1.82, 2.24) is 4.90 Å². The Balaban J connectivity index is 1.51. The van der Waals surface area contributed by atoms with Gasteiger partial charge >= 0.3 is 0 Å². The first-order chi connectivity index (χ1) is 11.1. The summed E-state index contributed by atoms with van der Waals surface area (Å²) in [6, 6.07) is 8.49. The number of ketones is 1. The van der Waals surface area contributed by atoms with Gasteiger partial charge in [-0.2, -0.15) is 0 Å². The van der Waals surface area contributed by atoms with Gasteiger partial charge in [-0.1, -0.05) is 25.0 Å². The number of nitrogens with zero attached hydrogens (tertiary/aromatic N) is 1. The number of aliphatic hydroxyl groups excluding tert-OH is 1. The van der Waals surface area contributed by atoms with Crippen LogP contribution >= 0.6 is 0 Å². The highest BCUT2D eigenvalue weighted by molar-refractivity contribution is 5.94. The zero-order chi connectivity index (χ0) is 16.2. The summed E-state index contributed by atoms with van der Waals surface area (Å²) in [4.78, 5) is 13.9. The van der Waals surface area contributed by atoms with E-state index in [0.717, 1.165) is 0 Å². The van der Waals surface area contributed by atoms with Crippen LogP contribution in [0, 0.1) is 0 Å². The number of carbonyl (C=O) groups is 1. The molecule has 0 aromatic heterocycles. The van der Waals surface area contributed by atoms with Gasteiger partial charge in [-0.3, -0.25) is 9.69 Å².